The van der Waals surface area contributed by atoms with E-state index in [9.17, 15) is 4.79 Å². The van der Waals surface area contributed by atoms with Gasteiger partial charge in [0.25, 0.3) is 0 Å². The summed E-state index contributed by atoms with van der Waals surface area (Å²) in [5, 5.41) is 8.91. The maximum Gasteiger partial charge on any atom is 0.335 e. The molecule has 0 unspecified atom stereocenters. The van der Waals surface area contributed by atoms with E-state index in [1.807, 2.05) is 18.3 Å². The number of aromatic carboxylic acids is 1. The lowest BCUT2D eigenvalue weighted by atomic mass is 9.93. The van der Waals surface area contributed by atoms with E-state index in [0.717, 1.165) is 43.7 Å². The van der Waals surface area contributed by atoms with Gasteiger partial charge in [0.05, 0.1) is 11.3 Å². The van der Waals surface area contributed by atoms with Gasteiger partial charge in [-0.2, -0.15) is 0 Å². The van der Waals surface area contributed by atoms with Crippen molar-refractivity contribution in [1.82, 2.24) is 14.9 Å². The Morgan fingerprint density at radius 3 is 2.50 bits per heavy atom. The van der Waals surface area contributed by atoms with Gasteiger partial charge >= 0.3 is 5.97 Å². The molecule has 2 heterocycles. The zero-order valence-electron chi connectivity index (χ0n) is 12.4. The van der Waals surface area contributed by atoms with Crippen LogP contribution in [0.4, 0.5) is 0 Å². The van der Waals surface area contributed by atoms with E-state index in [1.165, 1.54) is 0 Å². The van der Waals surface area contributed by atoms with Crippen LogP contribution < -0.4 is 0 Å². The van der Waals surface area contributed by atoms with Gasteiger partial charge in [0.1, 0.15) is 0 Å². The molecule has 3 rings (SSSR count). The van der Waals surface area contributed by atoms with Gasteiger partial charge in [-0.15, -0.1) is 0 Å². The van der Waals surface area contributed by atoms with Gasteiger partial charge in [-0.1, -0.05) is 12.1 Å². The highest BCUT2D eigenvalue weighted by atomic mass is 16.4. The topological polar surface area (TPSA) is 66.3 Å². The van der Waals surface area contributed by atoms with Gasteiger partial charge in [0.15, 0.2) is 0 Å². The van der Waals surface area contributed by atoms with Crippen molar-refractivity contribution in [2.24, 2.45) is 0 Å². The molecule has 1 aromatic heterocycles. The van der Waals surface area contributed by atoms with Gasteiger partial charge in [-0.3, -0.25) is 14.9 Å². The van der Waals surface area contributed by atoms with Crippen LogP contribution in [0, 0.1) is 0 Å². The molecule has 1 saturated heterocycles. The largest absolute Gasteiger partial charge is 0.478 e. The summed E-state index contributed by atoms with van der Waals surface area (Å²) in [7, 11) is 0. The standard InChI is InChI=1S/C17H19N3O2/c21-17(22)15-3-1-13(2-4-15)12-20-9-5-14(6-10-20)16-11-18-7-8-19-16/h1-4,7-8,11,14H,5-6,9-10,12H2,(H,21,22). The fourth-order valence-corrected chi connectivity index (χ4v) is 2.92. The third kappa shape index (κ3) is 3.49. The molecule has 0 atom stereocenters. The van der Waals surface area contributed by atoms with Crippen molar-refractivity contribution in [2.45, 2.75) is 25.3 Å². The predicted octanol–water partition coefficient (Wildman–Crippen LogP) is 2.55. The number of likely N-dealkylation sites (tertiary alicyclic amines) is 1. The molecule has 1 fully saturated rings. The zero-order chi connectivity index (χ0) is 15.4. The smallest absolute Gasteiger partial charge is 0.335 e. The van der Waals surface area contributed by atoms with Gasteiger partial charge in [-0.05, 0) is 43.6 Å². The maximum absolute atomic E-state index is 10.9. The summed E-state index contributed by atoms with van der Waals surface area (Å²) in [4.78, 5) is 21.8. The first-order valence-electron chi connectivity index (χ1n) is 7.53. The fourth-order valence-electron chi connectivity index (χ4n) is 2.92. The number of piperidine rings is 1. The van der Waals surface area contributed by atoms with E-state index in [2.05, 4.69) is 14.9 Å². The number of rotatable bonds is 4. The van der Waals surface area contributed by atoms with Crippen LogP contribution in [-0.4, -0.2) is 39.0 Å². The second-order valence-corrected chi connectivity index (χ2v) is 5.68. The first-order valence-corrected chi connectivity index (χ1v) is 7.53. The molecule has 1 aromatic carbocycles. The Morgan fingerprint density at radius 2 is 1.91 bits per heavy atom. The lowest BCUT2D eigenvalue weighted by Gasteiger charge is -2.31. The van der Waals surface area contributed by atoms with Crippen LogP contribution in [0.2, 0.25) is 0 Å². The van der Waals surface area contributed by atoms with Crippen molar-refractivity contribution >= 4 is 5.97 Å². The number of carboxylic acid groups (broad SMARTS) is 1. The van der Waals surface area contributed by atoms with Crippen molar-refractivity contribution in [2.75, 3.05) is 13.1 Å². The van der Waals surface area contributed by atoms with E-state index in [-0.39, 0.29) is 0 Å². The molecule has 0 aliphatic carbocycles. The van der Waals surface area contributed by atoms with Gasteiger partial charge in [-0.25, -0.2) is 4.79 Å². The highest BCUT2D eigenvalue weighted by Gasteiger charge is 2.21. The van der Waals surface area contributed by atoms with Crippen LogP contribution in [0.5, 0.6) is 0 Å². The highest BCUT2D eigenvalue weighted by Crippen LogP contribution is 2.26. The van der Waals surface area contributed by atoms with Crippen molar-refractivity contribution < 1.29 is 9.90 Å². The molecule has 1 N–H and O–H groups in total. The number of aromatic nitrogens is 2. The molecule has 0 spiro atoms. The van der Waals surface area contributed by atoms with Crippen LogP contribution in [0.25, 0.3) is 0 Å². The number of carbonyl (C=O) groups is 1. The molecule has 1 aliphatic rings. The first-order chi connectivity index (χ1) is 10.7. The lowest BCUT2D eigenvalue weighted by molar-refractivity contribution is 0.0697. The van der Waals surface area contributed by atoms with Crippen LogP contribution >= 0.6 is 0 Å². The third-order valence-corrected chi connectivity index (χ3v) is 4.20. The Kier molecular flexibility index (Phi) is 4.44. The second-order valence-electron chi connectivity index (χ2n) is 5.68. The van der Waals surface area contributed by atoms with E-state index in [0.29, 0.717) is 11.5 Å². The second kappa shape index (κ2) is 6.66. The fraction of sp³-hybridized carbons (Fsp3) is 0.353. The SMILES string of the molecule is O=C(O)c1ccc(CN2CCC(c3cnccn3)CC2)cc1. The Morgan fingerprint density at radius 1 is 1.18 bits per heavy atom. The number of hydrogen-bond donors (Lipinski definition) is 1. The number of nitrogens with zero attached hydrogens (tertiary/aromatic N) is 3. The molecule has 114 valence electrons. The molecule has 0 saturated carbocycles. The third-order valence-electron chi connectivity index (χ3n) is 4.20. The lowest BCUT2D eigenvalue weighted by Crippen LogP contribution is -2.32. The normalized spacial score (nSPS) is 16.5. The molecule has 2 aromatic rings. The molecule has 1 aliphatic heterocycles. The van der Waals surface area contributed by atoms with E-state index < -0.39 is 5.97 Å². The Balaban J connectivity index is 1.54. The van der Waals surface area contributed by atoms with Crippen LogP contribution in [0.3, 0.4) is 0 Å². The minimum Gasteiger partial charge on any atom is -0.478 e. The van der Waals surface area contributed by atoms with Gasteiger partial charge in [0, 0.05) is 31.1 Å². The van der Waals surface area contributed by atoms with E-state index >= 15 is 0 Å². The Bertz CT molecular complexity index is 620. The number of benzene rings is 1. The van der Waals surface area contributed by atoms with Crippen molar-refractivity contribution in [3.63, 3.8) is 0 Å². The maximum atomic E-state index is 10.9. The Hall–Kier alpha value is -2.27. The predicted molar refractivity (Wildman–Crippen MR) is 82.7 cm³/mol. The summed E-state index contributed by atoms with van der Waals surface area (Å²) in [5.74, 6) is -0.379. The quantitative estimate of drug-likeness (QED) is 0.939. The van der Waals surface area contributed by atoms with E-state index in [1.54, 1.807) is 24.5 Å². The molecule has 0 bridgehead atoms. The van der Waals surface area contributed by atoms with Crippen molar-refractivity contribution in [3.8, 4) is 0 Å². The average Bonchev–Trinajstić information content (AvgIpc) is 2.57. The molecule has 0 amide bonds. The van der Waals surface area contributed by atoms with Crippen LogP contribution in [0.15, 0.2) is 42.9 Å². The summed E-state index contributed by atoms with van der Waals surface area (Å²) in [6.45, 7) is 2.93. The van der Waals surface area contributed by atoms with Gasteiger partial charge < -0.3 is 5.11 Å². The van der Waals surface area contributed by atoms with E-state index in [4.69, 9.17) is 5.11 Å². The molecular formula is C17H19N3O2. The number of carboxylic acids is 1. The van der Waals surface area contributed by atoms with Crippen molar-refractivity contribution in [1.29, 1.82) is 0 Å². The summed E-state index contributed by atoms with van der Waals surface area (Å²) >= 11 is 0. The summed E-state index contributed by atoms with van der Waals surface area (Å²) in [6, 6.07) is 7.14. The number of hydrogen-bond acceptors (Lipinski definition) is 4. The monoisotopic (exact) mass is 297 g/mol. The molecular weight excluding hydrogens is 278 g/mol. The molecule has 5 heteroatoms. The summed E-state index contributed by atoms with van der Waals surface area (Å²) in [6.07, 6.45) is 7.51. The molecule has 0 radical (unpaired) electrons. The van der Waals surface area contributed by atoms with Crippen LogP contribution in [0.1, 0.15) is 40.4 Å². The summed E-state index contributed by atoms with van der Waals surface area (Å²) in [5.41, 5.74) is 2.58. The zero-order valence-corrected chi connectivity index (χ0v) is 12.4. The summed E-state index contributed by atoms with van der Waals surface area (Å²) < 4.78 is 0. The highest BCUT2D eigenvalue weighted by molar-refractivity contribution is 5.87. The minimum atomic E-state index is -0.878. The van der Waals surface area contributed by atoms with Gasteiger partial charge in [0.2, 0.25) is 0 Å². The molecule has 5 nitrogen and oxygen atoms in total. The minimum absolute atomic E-state index is 0.338. The first kappa shape index (κ1) is 14.7. The molecule has 22 heavy (non-hydrogen) atoms. The average molecular weight is 297 g/mol. The van der Waals surface area contributed by atoms with Crippen LogP contribution in [-0.2, 0) is 6.54 Å². The van der Waals surface area contributed by atoms with Crippen molar-refractivity contribution in [3.05, 3.63) is 59.7 Å². The Labute approximate surface area is 129 Å².